The molecule has 1 heterocycles. The van der Waals surface area contributed by atoms with Crippen molar-refractivity contribution in [1.29, 1.82) is 0 Å². The summed E-state index contributed by atoms with van der Waals surface area (Å²) in [5.41, 5.74) is 1.83. The summed E-state index contributed by atoms with van der Waals surface area (Å²) in [5.74, 6) is 4.06. The number of anilines is 1. The Balaban J connectivity index is 2.12. The Bertz CT molecular complexity index is 835. The molecule has 2 aromatic carbocycles. The molecule has 4 nitrogen and oxygen atoms in total. The lowest BCUT2D eigenvalue weighted by atomic mass is 10.0. The van der Waals surface area contributed by atoms with E-state index in [1.54, 1.807) is 7.11 Å². The van der Waals surface area contributed by atoms with Gasteiger partial charge in [-0.15, -0.1) is 16.6 Å². The first-order valence-electron chi connectivity index (χ1n) is 6.90. The van der Waals surface area contributed by atoms with Crippen molar-refractivity contribution >= 4 is 16.6 Å². The topological polar surface area (TPSA) is 47.0 Å². The maximum absolute atomic E-state index is 5.30. The maximum Gasteiger partial charge on any atom is 0.157 e. The van der Waals surface area contributed by atoms with Crippen LogP contribution in [0.5, 0.6) is 5.75 Å². The third-order valence-electron chi connectivity index (χ3n) is 3.41. The van der Waals surface area contributed by atoms with E-state index in [2.05, 4.69) is 21.4 Å². The number of hydrogen-bond donors (Lipinski definition) is 1. The molecule has 0 fully saturated rings. The van der Waals surface area contributed by atoms with Crippen LogP contribution in [-0.2, 0) is 0 Å². The summed E-state index contributed by atoms with van der Waals surface area (Å²) in [7, 11) is 1.65. The Kier molecular flexibility index (Phi) is 3.88. The van der Waals surface area contributed by atoms with E-state index in [9.17, 15) is 0 Å². The Morgan fingerprint density at radius 2 is 1.77 bits per heavy atom. The van der Waals surface area contributed by atoms with Gasteiger partial charge in [-0.1, -0.05) is 30.2 Å². The van der Waals surface area contributed by atoms with E-state index in [1.807, 2.05) is 48.5 Å². The number of hydrogen-bond acceptors (Lipinski definition) is 4. The summed E-state index contributed by atoms with van der Waals surface area (Å²) in [6.45, 7) is 0.417. The highest BCUT2D eigenvalue weighted by molar-refractivity contribution is 6.00. The summed E-state index contributed by atoms with van der Waals surface area (Å²) in [5, 5.41) is 13.8. The molecule has 4 heteroatoms. The fourth-order valence-electron chi connectivity index (χ4n) is 2.33. The highest BCUT2D eigenvalue weighted by atomic mass is 16.5. The number of aromatic nitrogens is 2. The normalized spacial score (nSPS) is 10.2. The predicted molar refractivity (Wildman–Crippen MR) is 88.8 cm³/mol. The van der Waals surface area contributed by atoms with Crippen molar-refractivity contribution in [3.8, 4) is 29.4 Å². The number of ether oxygens (including phenoxy) is 1. The van der Waals surface area contributed by atoms with Crippen LogP contribution < -0.4 is 10.1 Å². The molecule has 0 aliphatic heterocycles. The number of methoxy groups -OCH3 is 1. The molecule has 3 rings (SSSR count). The van der Waals surface area contributed by atoms with Crippen LogP contribution in [0.25, 0.3) is 22.0 Å². The summed E-state index contributed by atoms with van der Waals surface area (Å²) < 4.78 is 5.19. The quantitative estimate of drug-likeness (QED) is 0.748. The molecule has 1 N–H and O–H groups in total. The van der Waals surface area contributed by atoms with Crippen molar-refractivity contribution in [3.05, 3.63) is 48.5 Å². The SMILES string of the molecule is C#CCNc1nnc(-c2ccc(OC)cc2)c2ccccc12. The molecule has 0 bridgehead atoms. The van der Waals surface area contributed by atoms with E-state index in [4.69, 9.17) is 11.2 Å². The molecule has 0 radical (unpaired) electrons. The van der Waals surface area contributed by atoms with Crippen LogP contribution >= 0.6 is 0 Å². The van der Waals surface area contributed by atoms with Gasteiger partial charge in [0.15, 0.2) is 5.82 Å². The van der Waals surface area contributed by atoms with Gasteiger partial charge < -0.3 is 10.1 Å². The van der Waals surface area contributed by atoms with Crippen molar-refractivity contribution in [2.24, 2.45) is 0 Å². The minimum atomic E-state index is 0.417. The van der Waals surface area contributed by atoms with Gasteiger partial charge in [0.2, 0.25) is 0 Å². The van der Waals surface area contributed by atoms with E-state index in [0.29, 0.717) is 12.4 Å². The van der Waals surface area contributed by atoms with Crippen LogP contribution in [-0.4, -0.2) is 23.9 Å². The van der Waals surface area contributed by atoms with Crippen molar-refractivity contribution in [2.75, 3.05) is 19.0 Å². The van der Waals surface area contributed by atoms with Gasteiger partial charge in [-0.05, 0) is 24.3 Å². The zero-order chi connectivity index (χ0) is 15.4. The van der Waals surface area contributed by atoms with Gasteiger partial charge in [0.1, 0.15) is 11.4 Å². The summed E-state index contributed by atoms with van der Waals surface area (Å²) >= 11 is 0. The first kappa shape index (κ1) is 13.9. The van der Waals surface area contributed by atoms with E-state index >= 15 is 0 Å². The lowest BCUT2D eigenvalue weighted by Crippen LogP contribution is -2.03. The van der Waals surface area contributed by atoms with Crippen LogP contribution in [0.2, 0.25) is 0 Å². The smallest absolute Gasteiger partial charge is 0.157 e. The standard InChI is InChI=1S/C18H15N3O/c1-3-12-19-18-16-7-5-4-6-15(16)17(20-21-18)13-8-10-14(22-2)11-9-13/h1,4-11H,12H2,2H3,(H,19,21). The summed E-state index contributed by atoms with van der Waals surface area (Å²) in [6.07, 6.45) is 5.30. The second-order valence-corrected chi connectivity index (χ2v) is 4.73. The van der Waals surface area contributed by atoms with Crippen LogP contribution in [0.15, 0.2) is 48.5 Å². The molecule has 0 saturated carbocycles. The fraction of sp³-hybridized carbons (Fsp3) is 0.111. The third kappa shape index (κ3) is 2.57. The van der Waals surface area contributed by atoms with Gasteiger partial charge in [-0.25, -0.2) is 0 Å². The Labute approximate surface area is 129 Å². The first-order valence-corrected chi connectivity index (χ1v) is 6.90. The van der Waals surface area contributed by atoms with Crippen LogP contribution in [0.3, 0.4) is 0 Å². The highest BCUT2D eigenvalue weighted by Crippen LogP contribution is 2.30. The van der Waals surface area contributed by atoms with E-state index in [0.717, 1.165) is 27.8 Å². The van der Waals surface area contributed by atoms with Crippen LogP contribution in [0.1, 0.15) is 0 Å². The second-order valence-electron chi connectivity index (χ2n) is 4.73. The molecule has 0 aliphatic rings. The predicted octanol–water partition coefficient (Wildman–Crippen LogP) is 3.35. The second kappa shape index (κ2) is 6.15. The molecule has 0 saturated heterocycles. The van der Waals surface area contributed by atoms with Crippen molar-refractivity contribution in [3.63, 3.8) is 0 Å². The molecule has 3 aromatic rings. The molecular formula is C18H15N3O. The summed E-state index contributed by atoms with van der Waals surface area (Å²) in [4.78, 5) is 0. The van der Waals surface area contributed by atoms with Gasteiger partial charge in [0, 0.05) is 16.3 Å². The fourth-order valence-corrected chi connectivity index (χ4v) is 2.33. The van der Waals surface area contributed by atoms with Gasteiger partial charge in [0.25, 0.3) is 0 Å². The zero-order valence-electron chi connectivity index (χ0n) is 12.2. The maximum atomic E-state index is 5.30. The minimum Gasteiger partial charge on any atom is -0.497 e. The average molecular weight is 289 g/mol. The Hall–Kier alpha value is -3.06. The highest BCUT2D eigenvalue weighted by Gasteiger charge is 2.10. The van der Waals surface area contributed by atoms with Crippen LogP contribution in [0, 0.1) is 12.3 Å². The van der Waals surface area contributed by atoms with Gasteiger partial charge in [-0.2, -0.15) is 0 Å². The number of nitrogens with one attached hydrogen (secondary N) is 1. The van der Waals surface area contributed by atoms with Crippen molar-refractivity contribution < 1.29 is 4.74 Å². The van der Waals surface area contributed by atoms with Crippen molar-refractivity contribution in [2.45, 2.75) is 0 Å². The average Bonchev–Trinajstić information content (AvgIpc) is 2.60. The van der Waals surface area contributed by atoms with E-state index in [1.165, 1.54) is 0 Å². The molecule has 0 atom stereocenters. The number of fused-ring (bicyclic) bond motifs is 1. The lowest BCUT2D eigenvalue weighted by Gasteiger charge is -2.10. The monoisotopic (exact) mass is 289 g/mol. The van der Waals surface area contributed by atoms with Crippen molar-refractivity contribution in [1.82, 2.24) is 10.2 Å². The molecular weight excluding hydrogens is 274 g/mol. The van der Waals surface area contributed by atoms with Gasteiger partial charge in [-0.3, -0.25) is 0 Å². The van der Waals surface area contributed by atoms with E-state index in [-0.39, 0.29) is 0 Å². The first-order chi connectivity index (χ1) is 10.8. The number of terminal acetylenes is 1. The number of nitrogens with zero attached hydrogens (tertiary/aromatic N) is 2. The molecule has 0 spiro atoms. The van der Waals surface area contributed by atoms with Gasteiger partial charge >= 0.3 is 0 Å². The minimum absolute atomic E-state index is 0.417. The molecule has 1 aromatic heterocycles. The molecule has 0 amide bonds. The molecule has 0 unspecified atom stereocenters. The molecule has 0 aliphatic carbocycles. The Morgan fingerprint density at radius 3 is 2.45 bits per heavy atom. The number of rotatable bonds is 4. The lowest BCUT2D eigenvalue weighted by molar-refractivity contribution is 0.415. The largest absolute Gasteiger partial charge is 0.497 e. The zero-order valence-corrected chi connectivity index (χ0v) is 12.2. The van der Waals surface area contributed by atoms with Crippen LogP contribution in [0.4, 0.5) is 5.82 Å². The summed E-state index contributed by atoms with van der Waals surface area (Å²) in [6, 6.07) is 15.8. The van der Waals surface area contributed by atoms with E-state index < -0.39 is 0 Å². The number of benzene rings is 2. The van der Waals surface area contributed by atoms with Gasteiger partial charge in [0.05, 0.1) is 13.7 Å². The molecule has 22 heavy (non-hydrogen) atoms. The Morgan fingerprint density at radius 1 is 1.05 bits per heavy atom. The third-order valence-corrected chi connectivity index (χ3v) is 3.41. The molecule has 108 valence electrons.